The first-order valence-corrected chi connectivity index (χ1v) is 15.0. The van der Waals surface area contributed by atoms with E-state index in [0.29, 0.717) is 0 Å². The Bertz CT molecular complexity index is 982. The Morgan fingerprint density at radius 1 is 0.500 bits per heavy atom. The highest BCUT2D eigenvalue weighted by molar-refractivity contribution is 7.12. The molecule has 3 heteroatoms. The Morgan fingerprint density at radius 3 is 1.20 bits per heavy atom. The third-order valence-corrected chi connectivity index (χ3v) is 16.3. The summed E-state index contributed by atoms with van der Waals surface area (Å²) < 4.78 is 7.68. The van der Waals surface area contributed by atoms with Crippen molar-refractivity contribution >= 4 is 37.4 Å². The van der Waals surface area contributed by atoms with Gasteiger partial charge in [0.1, 0.15) is 0 Å². The van der Waals surface area contributed by atoms with Gasteiger partial charge in [-0.3, -0.25) is 0 Å². The van der Waals surface area contributed by atoms with Gasteiger partial charge in [-0.2, -0.15) is 0 Å². The fraction of sp³-hybridized carbons (Fsp3) is 0.111. The minimum atomic E-state index is -2.65. The smallest absolute Gasteiger partial charge is 0.278 e. The fourth-order valence-electron chi connectivity index (χ4n) is 4.68. The molecular weight excluding hydrogens is 396 g/mol. The van der Waals surface area contributed by atoms with Crippen molar-refractivity contribution in [2.75, 3.05) is 0 Å². The van der Waals surface area contributed by atoms with Crippen LogP contribution in [0.3, 0.4) is 0 Å². The van der Waals surface area contributed by atoms with Crippen molar-refractivity contribution in [3.63, 3.8) is 0 Å². The van der Waals surface area contributed by atoms with Crippen molar-refractivity contribution in [3.05, 3.63) is 121 Å². The third-order valence-electron chi connectivity index (χ3n) is 6.35. The molecule has 0 spiro atoms. The third kappa shape index (κ3) is 3.29. The van der Waals surface area contributed by atoms with Gasteiger partial charge in [-0.15, -0.1) is 0 Å². The Morgan fingerprint density at radius 2 is 0.867 bits per heavy atom. The maximum Gasteiger partial charge on any atom is 0.278 e. The van der Waals surface area contributed by atoms with Gasteiger partial charge in [0, 0.05) is 0 Å². The molecule has 0 amide bonds. The van der Waals surface area contributed by atoms with Crippen molar-refractivity contribution in [1.82, 2.24) is 0 Å². The predicted octanol–water partition coefficient (Wildman–Crippen LogP) is 3.93. The standard InChI is InChI=1S/C27H26OSi2/c1-5-14-24(15-6-1)29(22-13-23-29)28-30(25-16-7-2-8-17-25,26-18-9-3-10-19-26)27-20-11-4-12-21-27/h1-12,14-21H,13,22-23H2. The minimum absolute atomic E-state index is 1.21. The number of hydrogen-bond donors (Lipinski definition) is 0. The van der Waals surface area contributed by atoms with Crippen LogP contribution in [0, 0.1) is 0 Å². The minimum Gasteiger partial charge on any atom is -0.442 e. The average Bonchev–Trinajstić information content (AvgIpc) is 2.81. The summed E-state index contributed by atoms with van der Waals surface area (Å²) in [6.07, 6.45) is 1.27. The highest BCUT2D eigenvalue weighted by Crippen LogP contribution is 2.35. The summed E-state index contributed by atoms with van der Waals surface area (Å²) >= 11 is 0. The van der Waals surface area contributed by atoms with Gasteiger partial charge in [0.2, 0.25) is 8.32 Å². The summed E-state index contributed by atoms with van der Waals surface area (Å²) in [6.45, 7) is 0. The summed E-state index contributed by atoms with van der Waals surface area (Å²) in [5, 5.41) is 5.43. The van der Waals surface area contributed by atoms with E-state index in [-0.39, 0.29) is 0 Å². The highest BCUT2D eigenvalue weighted by atomic mass is 28.4. The number of hydrogen-bond acceptors (Lipinski definition) is 1. The molecule has 0 saturated carbocycles. The lowest BCUT2D eigenvalue weighted by molar-refractivity contribution is 0.531. The molecular formula is C27H26OSi2. The molecule has 4 aromatic rings. The normalized spacial score (nSPS) is 15.3. The van der Waals surface area contributed by atoms with E-state index in [9.17, 15) is 0 Å². The molecule has 1 saturated heterocycles. The van der Waals surface area contributed by atoms with Gasteiger partial charge in [0.25, 0.3) is 8.32 Å². The zero-order valence-corrected chi connectivity index (χ0v) is 19.1. The average molecular weight is 423 g/mol. The molecule has 148 valence electrons. The molecule has 0 atom stereocenters. The molecule has 5 rings (SSSR count). The lowest BCUT2D eigenvalue weighted by Crippen LogP contribution is -2.76. The molecule has 1 fully saturated rings. The molecule has 4 aromatic carbocycles. The van der Waals surface area contributed by atoms with Crippen LogP contribution in [0.25, 0.3) is 0 Å². The van der Waals surface area contributed by atoms with Crippen LogP contribution < -0.4 is 20.7 Å². The van der Waals surface area contributed by atoms with E-state index >= 15 is 0 Å². The maximum atomic E-state index is 7.68. The number of rotatable bonds is 6. The summed E-state index contributed by atoms with van der Waals surface area (Å²) in [5.74, 6) is 0. The molecule has 1 aliphatic heterocycles. The van der Waals surface area contributed by atoms with Gasteiger partial charge in [0.05, 0.1) is 0 Å². The second-order valence-electron chi connectivity index (χ2n) is 8.10. The quantitative estimate of drug-likeness (QED) is 0.338. The van der Waals surface area contributed by atoms with Crippen LogP contribution in [0.1, 0.15) is 6.42 Å². The molecule has 0 aromatic heterocycles. The second-order valence-corrected chi connectivity index (χ2v) is 15.6. The van der Waals surface area contributed by atoms with E-state index < -0.39 is 16.6 Å². The van der Waals surface area contributed by atoms with Crippen molar-refractivity contribution < 1.29 is 4.12 Å². The molecule has 1 heterocycles. The van der Waals surface area contributed by atoms with E-state index in [1.54, 1.807) is 0 Å². The Kier molecular flexibility index (Phi) is 5.25. The molecule has 0 unspecified atom stereocenters. The van der Waals surface area contributed by atoms with Crippen LogP contribution in [0.15, 0.2) is 121 Å². The van der Waals surface area contributed by atoms with Crippen molar-refractivity contribution in [3.8, 4) is 0 Å². The Hall–Kier alpha value is -2.73. The first kappa shape index (κ1) is 19.2. The van der Waals surface area contributed by atoms with Crippen molar-refractivity contribution in [1.29, 1.82) is 0 Å². The monoisotopic (exact) mass is 422 g/mol. The van der Waals surface area contributed by atoms with Crippen molar-refractivity contribution in [2.45, 2.75) is 18.5 Å². The van der Waals surface area contributed by atoms with Gasteiger partial charge < -0.3 is 4.12 Å². The van der Waals surface area contributed by atoms with Crippen LogP contribution in [0.4, 0.5) is 0 Å². The van der Waals surface area contributed by atoms with E-state index in [0.717, 1.165) is 0 Å². The van der Waals surface area contributed by atoms with Crippen LogP contribution >= 0.6 is 0 Å². The molecule has 0 radical (unpaired) electrons. The van der Waals surface area contributed by atoms with Gasteiger partial charge >= 0.3 is 0 Å². The van der Waals surface area contributed by atoms with Crippen LogP contribution in [0.5, 0.6) is 0 Å². The Labute approximate surface area is 181 Å². The summed E-state index contributed by atoms with van der Waals surface area (Å²) in [7, 11) is -4.69. The molecule has 1 nitrogen and oxygen atoms in total. The molecule has 1 aliphatic rings. The van der Waals surface area contributed by atoms with Gasteiger partial charge in [-0.25, -0.2) is 0 Å². The maximum absolute atomic E-state index is 7.68. The summed E-state index contributed by atoms with van der Waals surface area (Å²) in [5.41, 5.74) is 0. The van der Waals surface area contributed by atoms with E-state index in [2.05, 4.69) is 121 Å². The Balaban J connectivity index is 1.76. The van der Waals surface area contributed by atoms with Gasteiger partial charge in [-0.1, -0.05) is 128 Å². The van der Waals surface area contributed by atoms with Crippen molar-refractivity contribution in [2.24, 2.45) is 0 Å². The van der Waals surface area contributed by atoms with Gasteiger partial charge in [-0.05, 0) is 32.8 Å². The largest absolute Gasteiger partial charge is 0.442 e. The van der Waals surface area contributed by atoms with Crippen LogP contribution in [0.2, 0.25) is 12.1 Å². The lowest BCUT2D eigenvalue weighted by Gasteiger charge is -2.47. The van der Waals surface area contributed by atoms with E-state index in [1.165, 1.54) is 39.3 Å². The molecule has 0 aliphatic carbocycles. The highest BCUT2D eigenvalue weighted by Gasteiger charge is 2.53. The second kappa shape index (κ2) is 8.19. The van der Waals surface area contributed by atoms with Gasteiger partial charge in [0.15, 0.2) is 0 Å². The fourth-order valence-corrected chi connectivity index (χ4v) is 15.1. The van der Waals surface area contributed by atoms with Crippen LogP contribution in [-0.4, -0.2) is 16.6 Å². The summed E-state index contributed by atoms with van der Waals surface area (Å²) in [4.78, 5) is 0. The number of benzene rings is 4. The predicted molar refractivity (Wildman–Crippen MR) is 131 cm³/mol. The van der Waals surface area contributed by atoms with Crippen LogP contribution in [-0.2, 0) is 4.12 Å². The topological polar surface area (TPSA) is 9.23 Å². The first-order valence-electron chi connectivity index (χ1n) is 10.8. The summed E-state index contributed by atoms with van der Waals surface area (Å²) in [6, 6.07) is 46.4. The SMILES string of the molecule is c1ccc([Si]2(O[Si](c3ccccc3)(c3ccccc3)c3ccccc3)CCC2)cc1. The molecule has 30 heavy (non-hydrogen) atoms. The van der Waals surface area contributed by atoms with E-state index in [4.69, 9.17) is 4.12 Å². The zero-order chi connectivity index (χ0) is 20.3. The first-order chi connectivity index (χ1) is 14.8. The molecule has 0 N–H and O–H groups in total. The lowest BCUT2D eigenvalue weighted by atomic mass is 10.3. The van der Waals surface area contributed by atoms with E-state index in [1.807, 2.05) is 0 Å². The zero-order valence-electron chi connectivity index (χ0n) is 17.1. The molecule has 0 bridgehead atoms.